The van der Waals surface area contributed by atoms with Gasteiger partial charge in [0.25, 0.3) is 0 Å². The van der Waals surface area contributed by atoms with Crippen LogP contribution in [0.5, 0.6) is 0 Å². The predicted octanol–water partition coefficient (Wildman–Crippen LogP) is 5.60. The second-order valence-corrected chi connectivity index (χ2v) is 8.41. The molecule has 0 unspecified atom stereocenters. The monoisotopic (exact) mass is 408 g/mol. The van der Waals surface area contributed by atoms with E-state index in [1.165, 1.54) is 15.3 Å². The van der Waals surface area contributed by atoms with E-state index in [1.54, 1.807) is 17.5 Å². The molecule has 0 saturated carbocycles. The fourth-order valence-electron chi connectivity index (χ4n) is 3.71. The van der Waals surface area contributed by atoms with Crippen LogP contribution >= 0.6 is 11.3 Å². The molecule has 30 heavy (non-hydrogen) atoms. The molecule has 6 heterocycles. The molecule has 6 nitrogen and oxygen atoms in total. The van der Waals surface area contributed by atoms with Crippen LogP contribution in [-0.4, -0.2) is 30.1 Å². The third-order valence-corrected chi connectivity index (χ3v) is 6.19. The molecular weight excluding hydrogens is 392 g/mol. The molecule has 0 aliphatic heterocycles. The Labute approximate surface area is 175 Å². The van der Waals surface area contributed by atoms with E-state index in [0.29, 0.717) is 0 Å². The summed E-state index contributed by atoms with van der Waals surface area (Å²) in [5, 5.41) is 8.71. The van der Waals surface area contributed by atoms with Gasteiger partial charge in [-0.25, -0.2) is 9.97 Å². The third kappa shape index (κ3) is 2.71. The number of nitrogens with zero attached hydrogens (tertiary/aromatic N) is 4. The van der Waals surface area contributed by atoms with Crippen molar-refractivity contribution in [1.82, 2.24) is 30.1 Å². The number of hydrogen-bond donors (Lipinski definition) is 2. The quantitative estimate of drug-likeness (QED) is 0.399. The van der Waals surface area contributed by atoms with Gasteiger partial charge >= 0.3 is 0 Å². The van der Waals surface area contributed by atoms with Gasteiger partial charge < -0.3 is 4.98 Å². The number of thiophene rings is 1. The van der Waals surface area contributed by atoms with Crippen molar-refractivity contribution in [3.63, 3.8) is 0 Å². The molecule has 0 amide bonds. The van der Waals surface area contributed by atoms with Crippen LogP contribution in [0.1, 0.15) is 4.88 Å². The van der Waals surface area contributed by atoms with Crippen LogP contribution in [0.4, 0.5) is 0 Å². The fraction of sp³-hybridized carbons (Fsp3) is 0.0435. The highest BCUT2D eigenvalue weighted by Crippen LogP contribution is 2.35. The number of rotatable bonds is 3. The molecule has 0 radical (unpaired) electrons. The Morgan fingerprint density at radius 2 is 1.97 bits per heavy atom. The minimum Gasteiger partial charge on any atom is -0.338 e. The number of fused-ring (bicyclic) bond motifs is 2. The van der Waals surface area contributed by atoms with Crippen LogP contribution in [0.25, 0.3) is 55.2 Å². The number of aromatic amines is 2. The first-order valence-corrected chi connectivity index (χ1v) is 10.4. The first-order chi connectivity index (χ1) is 14.8. The summed E-state index contributed by atoms with van der Waals surface area (Å²) in [6, 6.07) is 16.4. The van der Waals surface area contributed by atoms with Gasteiger partial charge in [-0.05, 0) is 55.5 Å². The SMILES string of the molecule is Cc1ccc(-c2ccnc3[nH]c(-c4n[nH]c5ccc(-c6cccnc6)nc45)cc23)s1. The Kier molecular flexibility index (Phi) is 3.75. The largest absolute Gasteiger partial charge is 0.338 e. The Balaban J connectivity index is 1.52. The van der Waals surface area contributed by atoms with Crippen molar-refractivity contribution >= 4 is 33.4 Å². The van der Waals surface area contributed by atoms with Gasteiger partial charge in [0.1, 0.15) is 16.9 Å². The van der Waals surface area contributed by atoms with Gasteiger partial charge in [0.2, 0.25) is 0 Å². The molecule has 0 bridgehead atoms. The minimum atomic E-state index is 0.780. The normalized spacial score (nSPS) is 11.5. The molecule has 144 valence electrons. The molecule has 0 saturated heterocycles. The van der Waals surface area contributed by atoms with E-state index >= 15 is 0 Å². The summed E-state index contributed by atoms with van der Waals surface area (Å²) in [6.45, 7) is 2.12. The molecule has 0 spiro atoms. The lowest BCUT2D eigenvalue weighted by molar-refractivity contribution is 1.12. The Bertz CT molecular complexity index is 1510. The van der Waals surface area contributed by atoms with Crippen LogP contribution < -0.4 is 0 Å². The lowest BCUT2D eigenvalue weighted by Gasteiger charge is -2.00. The molecule has 2 N–H and O–H groups in total. The molecule has 6 rings (SSSR count). The summed E-state index contributed by atoms with van der Waals surface area (Å²) in [5.41, 5.74) is 7.22. The van der Waals surface area contributed by atoms with E-state index < -0.39 is 0 Å². The summed E-state index contributed by atoms with van der Waals surface area (Å²) in [6.07, 6.45) is 5.42. The van der Waals surface area contributed by atoms with Gasteiger partial charge in [-0.2, -0.15) is 5.10 Å². The van der Waals surface area contributed by atoms with Crippen LogP contribution in [0, 0.1) is 6.92 Å². The Morgan fingerprint density at radius 1 is 1.00 bits per heavy atom. The first-order valence-electron chi connectivity index (χ1n) is 9.57. The van der Waals surface area contributed by atoms with E-state index in [9.17, 15) is 0 Å². The topological polar surface area (TPSA) is 83.1 Å². The number of hydrogen-bond acceptors (Lipinski definition) is 5. The van der Waals surface area contributed by atoms with Crippen molar-refractivity contribution in [1.29, 1.82) is 0 Å². The molecule has 0 fully saturated rings. The standard InChI is InChI=1S/C23H16N6S/c1-13-4-7-20(30-13)15-8-10-25-23-16(15)11-19(27-23)22-21-18(28-29-22)6-5-17(26-21)14-3-2-9-24-12-14/h2-12H,1H3,(H,25,27)(H,28,29). The van der Waals surface area contributed by atoms with E-state index in [0.717, 1.165) is 44.7 Å². The Hall–Kier alpha value is -3.84. The predicted molar refractivity (Wildman–Crippen MR) is 120 cm³/mol. The summed E-state index contributed by atoms with van der Waals surface area (Å²) >= 11 is 1.78. The molecule has 0 aliphatic carbocycles. The number of pyridine rings is 3. The summed E-state index contributed by atoms with van der Waals surface area (Å²) in [5.74, 6) is 0. The van der Waals surface area contributed by atoms with Crippen LogP contribution in [0.2, 0.25) is 0 Å². The smallest absolute Gasteiger partial charge is 0.138 e. The average molecular weight is 408 g/mol. The average Bonchev–Trinajstić information content (AvgIpc) is 3.51. The first kappa shape index (κ1) is 17.1. The number of aryl methyl sites for hydroxylation is 1. The maximum atomic E-state index is 4.86. The fourth-order valence-corrected chi connectivity index (χ4v) is 4.62. The molecule has 7 heteroatoms. The molecule has 6 aromatic rings. The zero-order valence-electron chi connectivity index (χ0n) is 16.0. The van der Waals surface area contributed by atoms with Crippen LogP contribution in [0.15, 0.2) is 67.1 Å². The summed E-state index contributed by atoms with van der Waals surface area (Å²) in [4.78, 5) is 19.5. The van der Waals surface area contributed by atoms with Crippen molar-refractivity contribution in [2.45, 2.75) is 6.92 Å². The van der Waals surface area contributed by atoms with E-state index in [2.05, 4.69) is 56.3 Å². The molecule has 0 atom stereocenters. The molecular formula is C23H16N6S. The summed E-state index contributed by atoms with van der Waals surface area (Å²) in [7, 11) is 0. The Morgan fingerprint density at radius 3 is 2.80 bits per heavy atom. The molecule has 0 aliphatic rings. The van der Waals surface area contributed by atoms with Gasteiger partial charge in [-0.1, -0.05) is 0 Å². The van der Waals surface area contributed by atoms with Gasteiger partial charge in [-0.3, -0.25) is 10.1 Å². The lowest BCUT2D eigenvalue weighted by Crippen LogP contribution is -1.86. The van der Waals surface area contributed by atoms with Crippen molar-refractivity contribution in [2.24, 2.45) is 0 Å². The van der Waals surface area contributed by atoms with Gasteiger partial charge in [-0.15, -0.1) is 11.3 Å². The van der Waals surface area contributed by atoms with Crippen LogP contribution in [0.3, 0.4) is 0 Å². The number of nitrogens with one attached hydrogen (secondary N) is 2. The minimum absolute atomic E-state index is 0.780. The van der Waals surface area contributed by atoms with Gasteiger partial charge in [0, 0.05) is 44.9 Å². The van der Waals surface area contributed by atoms with Crippen molar-refractivity contribution in [3.05, 3.63) is 72.0 Å². The van der Waals surface area contributed by atoms with Crippen molar-refractivity contribution in [3.8, 4) is 33.1 Å². The van der Waals surface area contributed by atoms with E-state index in [4.69, 9.17) is 4.98 Å². The second kappa shape index (κ2) is 6.60. The third-order valence-electron chi connectivity index (χ3n) is 5.16. The zero-order valence-corrected chi connectivity index (χ0v) is 16.9. The highest BCUT2D eigenvalue weighted by atomic mass is 32.1. The zero-order chi connectivity index (χ0) is 20.1. The van der Waals surface area contributed by atoms with E-state index in [-0.39, 0.29) is 0 Å². The number of H-pyrrole nitrogens is 2. The van der Waals surface area contributed by atoms with E-state index in [1.807, 2.05) is 36.7 Å². The number of aromatic nitrogens is 6. The van der Waals surface area contributed by atoms with Crippen molar-refractivity contribution in [2.75, 3.05) is 0 Å². The highest BCUT2D eigenvalue weighted by Gasteiger charge is 2.16. The van der Waals surface area contributed by atoms with Gasteiger partial charge in [0.15, 0.2) is 0 Å². The maximum Gasteiger partial charge on any atom is 0.138 e. The molecule has 6 aromatic heterocycles. The second-order valence-electron chi connectivity index (χ2n) is 7.12. The highest BCUT2D eigenvalue weighted by molar-refractivity contribution is 7.15. The maximum absolute atomic E-state index is 4.86. The lowest BCUT2D eigenvalue weighted by atomic mass is 10.1. The van der Waals surface area contributed by atoms with Crippen molar-refractivity contribution < 1.29 is 0 Å². The van der Waals surface area contributed by atoms with Crippen LogP contribution in [-0.2, 0) is 0 Å². The van der Waals surface area contributed by atoms with Gasteiger partial charge in [0.05, 0.1) is 16.9 Å². The summed E-state index contributed by atoms with van der Waals surface area (Å²) < 4.78 is 0. The molecule has 0 aromatic carbocycles.